The predicted molar refractivity (Wildman–Crippen MR) is 67.2 cm³/mol. The van der Waals surface area contributed by atoms with E-state index in [1.165, 1.54) is 11.8 Å². The zero-order valence-corrected chi connectivity index (χ0v) is 10.6. The average Bonchev–Trinajstić information content (AvgIpc) is 2.86. The van der Waals surface area contributed by atoms with Crippen molar-refractivity contribution in [3.8, 4) is 0 Å². The summed E-state index contributed by atoms with van der Waals surface area (Å²) >= 11 is 1.52. The van der Waals surface area contributed by atoms with Crippen LogP contribution in [0.3, 0.4) is 0 Å². The number of thioether (sulfide) groups is 1. The van der Waals surface area contributed by atoms with Crippen LogP contribution >= 0.6 is 11.8 Å². The van der Waals surface area contributed by atoms with Crippen LogP contribution in [0.2, 0.25) is 0 Å². The first kappa shape index (κ1) is 12.4. The average molecular weight is 252 g/mol. The van der Waals surface area contributed by atoms with Crippen LogP contribution in [0.25, 0.3) is 0 Å². The number of hydrogen-bond donors (Lipinski definition) is 1. The Morgan fingerprint density at radius 2 is 2.53 bits per heavy atom. The second-order valence-corrected chi connectivity index (χ2v) is 4.89. The fourth-order valence-electron chi connectivity index (χ4n) is 2.11. The van der Waals surface area contributed by atoms with Crippen molar-refractivity contribution in [2.24, 2.45) is 0 Å². The van der Waals surface area contributed by atoms with E-state index in [0.717, 1.165) is 24.4 Å². The minimum atomic E-state index is -0.0200. The molecular formula is C12H16N2O2S. The zero-order valence-electron chi connectivity index (χ0n) is 9.80. The molecule has 2 heterocycles. The SMILES string of the molecule is CSc1cc(C(=O)N2CCC[C@@H]2CO)ccn1. The molecule has 2 rings (SSSR count). The van der Waals surface area contributed by atoms with Crippen LogP contribution < -0.4 is 0 Å². The molecule has 0 unspecified atom stereocenters. The Hall–Kier alpha value is -1.07. The molecule has 17 heavy (non-hydrogen) atoms. The minimum Gasteiger partial charge on any atom is -0.394 e. The van der Waals surface area contributed by atoms with Gasteiger partial charge in [-0.05, 0) is 31.2 Å². The summed E-state index contributed by atoms with van der Waals surface area (Å²) in [6.07, 6.45) is 5.45. The van der Waals surface area contributed by atoms with Crippen molar-refractivity contribution >= 4 is 17.7 Å². The van der Waals surface area contributed by atoms with E-state index in [1.54, 1.807) is 23.2 Å². The Bertz CT molecular complexity index is 411. The summed E-state index contributed by atoms with van der Waals surface area (Å²) in [6.45, 7) is 0.785. The van der Waals surface area contributed by atoms with Gasteiger partial charge in [-0.2, -0.15) is 0 Å². The molecule has 1 atom stereocenters. The minimum absolute atomic E-state index is 0.000694. The van der Waals surface area contributed by atoms with E-state index in [9.17, 15) is 9.90 Å². The number of carbonyl (C=O) groups is 1. The summed E-state index contributed by atoms with van der Waals surface area (Å²) in [7, 11) is 0. The molecule has 1 amide bonds. The van der Waals surface area contributed by atoms with Crippen LogP contribution in [-0.2, 0) is 0 Å². The van der Waals surface area contributed by atoms with E-state index in [4.69, 9.17) is 0 Å². The summed E-state index contributed by atoms with van der Waals surface area (Å²) in [4.78, 5) is 18.2. The lowest BCUT2D eigenvalue weighted by Crippen LogP contribution is -2.37. The lowest BCUT2D eigenvalue weighted by Gasteiger charge is -2.23. The van der Waals surface area contributed by atoms with E-state index in [2.05, 4.69) is 4.98 Å². The van der Waals surface area contributed by atoms with Crippen LogP contribution in [0, 0.1) is 0 Å². The second-order valence-electron chi connectivity index (χ2n) is 4.06. The molecule has 1 aliphatic rings. The number of amides is 1. The number of likely N-dealkylation sites (tertiary alicyclic amines) is 1. The molecule has 1 saturated heterocycles. The topological polar surface area (TPSA) is 53.4 Å². The molecule has 0 aromatic carbocycles. The van der Waals surface area contributed by atoms with Gasteiger partial charge in [0.15, 0.2) is 0 Å². The van der Waals surface area contributed by atoms with E-state index in [0.29, 0.717) is 5.56 Å². The van der Waals surface area contributed by atoms with Gasteiger partial charge in [-0.25, -0.2) is 4.98 Å². The van der Waals surface area contributed by atoms with Crippen molar-refractivity contribution in [1.82, 2.24) is 9.88 Å². The maximum Gasteiger partial charge on any atom is 0.254 e. The fraction of sp³-hybridized carbons (Fsp3) is 0.500. The first-order chi connectivity index (χ1) is 8.26. The van der Waals surface area contributed by atoms with Gasteiger partial charge in [0.2, 0.25) is 0 Å². The molecule has 0 saturated carbocycles. The Kier molecular flexibility index (Phi) is 4.02. The monoisotopic (exact) mass is 252 g/mol. The van der Waals surface area contributed by atoms with E-state index < -0.39 is 0 Å². The predicted octanol–water partition coefficient (Wildman–Crippen LogP) is 1.40. The number of aromatic nitrogens is 1. The largest absolute Gasteiger partial charge is 0.394 e. The standard InChI is InChI=1S/C12H16N2O2S/c1-17-11-7-9(4-5-13-11)12(16)14-6-2-3-10(14)8-15/h4-5,7,10,15H,2-3,6,8H2,1H3/t10-/m1/s1. The third-order valence-electron chi connectivity index (χ3n) is 3.04. The Balaban J connectivity index is 2.18. The van der Waals surface area contributed by atoms with Crippen LogP contribution in [0.1, 0.15) is 23.2 Å². The molecule has 1 aliphatic heterocycles. The molecule has 0 bridgehead atoms. The molecule has 5 heteroatoms. The Morgan fingerprint density at radius 1 is 1.71 bits per heavy atom. The molecule has 4 nitrogen and oxygen atoms in total. The number of carbonyl (C=O) groups excluding carboxylic acids is 1. The number of aliphatic hydroxyl groups excluding tert-OH is 1. The Labute approximate surface area is 105 Å². The summed E-state index contributed by atoms with van der Waals surface area (Å²) in [5.74, 6) is -0.000694. The molecule has 1 N–H and O–H groups in total. The zero-order chi connectivity index (χ0) is 12.3. The van der Waals surface area contributed by atoms with Crippen molar-refractivity contribution in [3.63, 3.8) is 0 Å². The fourth-order valence-corrected chi connectivity index (χ4v) is 2.52. The molecule has 92 valence electrons. The summed E-state index contributed by atoms with van der Waals surface area (Å²) in [5, 5.41) is 10.1. The maximum absolute atomic E-state index is 12.3. The third-order valence-corrected chi connectivity index (χ3v) is 3.68. The number of hydrogen-bond acceptors (Lipinski definition) is 4. The first-order valence-electron chi connectivity index (χ1n) is 5.68. The highest BCUT2D eigenvalue weighted by atomic mass is 32.2. The molecule has 0 spiro atoms. The van der Waals surface area contributed by atoms with Gasteiger partial charge in [-0.3, -0.25) is 4.79 Å². The molecule has 1 aromatic rings. The van der Waals surface area contributed by atoms with Gasteiger partial charge in [0, 0.05) is 18.3 Å². The van der Waals surface area contributed by atoms with E-state index in [1.807, 2.05) is 6.26 Å². The van der Waals surface area contributed by atoms with Crippen LogP contribution in [0.4, 0.5) is 0 Å². The highest BCUT2D eigenvalue weighted by molar-refractivity contribution is 7.98. The van der Waals surface area contributed by atoms with Crippen molar-refractivity contribution < 1.29 is 9.90 Å². The lowest BCUT2D eigenvalue weighted by molar-refractivity contribution is 0.0677. The quantitative estimate of drug-likeness (QED) is 0.826. The molecule has 1 fully saturated rings. The molecule has 0 radical (unpaired) electrons. The van der Waals surface area contributed by atoms with Crippen LogP contribution in [-0.4, -0.2) is 46.3 Å². The van der Waals surface area contributed by atoms with Crippen LogP contribution in [0.15, 0.2) is 23.4 Å². The number of nitrogens with zero attached hydrogens (tertiary/aromatic N) is 2. The summed E-state index contributed by atoms with van der Waals surface area (Å²) in [5.41, 5.74) is 0.657. The lowest BCUT2D eigenvalue weighted by atomic mass is 10.2. The molecular weight excluding hydrogens is 236 g/mol. The van der Waals surface area contributed by atoms with Gasteiger partial charge < -0.3 is 10.0 Å². The number of aliphatic hydroxyl groups is 1. The maximum atomic E-state index is 12.3. The first-order valence-corrected chi connectivity index (χ1v) is 6.90. The van der Waals surface area contributed by atoms with Crippen molar-refractivity contribution in [2.45, 2.75) is 23.9 Å². The van der Waals surface area contributed by atoms with Gasteiger partial charge in [0.25, 0.3) is 5.91 Å². The molecule has 1 aromatic heterocycles. The van der Waals surface area contributed by atoms with Gasteiger partial charge in [0.05, 0.1) is 17.7 Å². The number of rotatable bonds is 3. The summed E-state index contributed by atoms with van der Waals surface area (Å²) in [6, 6.07) is 3.52. The van der Waals surface area contributed by atoms with Gasteiger partial charge in [-0.1, -0.05) is 0 Å². The van der Waals surface area contributed by atoms with E-state index in [-0.39, 0.29) is 18.6 Å². The van der Waals surface area contributed by atoms with Gasteiger partial charge >= 0.3 is 0 Å². The normalized spacial score (nSPS) is 19.6. The Morgan fingerprint density at radius 3 is 3.24 bits per heavy atom. The highest BCUT2D eigenvalue weighted by Gasteiger charge is 2.28. The number of pyridine rings is 1. The molecule has 0 aliphatic carbocycles. The van der Waals surface area contributed by atoms with Crippen molar-refractivity contribution in [1.29, 1.82) is 0 Å². The van der Waals surface area contributed by atoms with Crippen molar-refractivity contribution in [2.75, 3.05) is 19.4 Å². The van der Waals surface area contributed by atoms with Crippen molar-refractivity contribution in [3.05, 3.63) is 23.9 Å². The van der Waals surface area contributed by atoms with Gasteiger partial charge in [0.1, 0.15) is 0 Å². The highest BCUT2D eigenvalue weighted by Crippen LogP contribution is 2.21. The van der Waals surface area contributed by atoms with Crippen LogP contribution in [0.5, 0.6) is 0 Å². The van der Waals surface area contributed by atoms with Gasteiger partial charge in [-0.15, -0.1) is 11.8 Å². The second kappa shape index (κ2) is 5.51. The third kappa shape index (κ3) is 2.61. The summed E-state index contributed by atoms with van der Waals surface area (Å²) < 4.78 is 0. The van der Waals surface area contributed by atoms with E-state index >= 15 is 0 Å². The smallest absolute Gasteiger partial charge is 0.254 e.